The van der Waals surface area contributed by atoms with Crippen molar-refractivity contribution in [3.05, 3.63) is 66.0 Å². The molecule has 1 aliphatic carbocycles. The van der Waals surface area contributed by atoms with E-state index in [1.165, 1.54) is 5.56 Å². The number of pyridine rings is 1. The van der Waals surface area contributed by atoms with Crippen LogP contribution in [0.1, 0.15) is 54.6 Å². The number of carbonyl (C=O) groups excluding carboxylic acids is 2. The van der Waals surface area contributed by atoms with Gasteiger partial charge in [-0.3, -0.25) is 19.5 Å². The number of aromatic nitrogens is 1. The van der Waals surface area contributed by atoms with Gasteiger partial charge >= 0.3 is 0 Å². The highest BCUT2D eigenvalue weighted by Crippen LogP contribution is 2.52. The van der Waals surface area contributed by atoms with E-state index in [-0.39, 0.29) is 22.8 Å². The van der Waals surface area contributed by atoms with Crippen molar-refractivity contribution in [1.29, 1.82) is 0 Å². The van der Waals surface area contributed by atoms with Crippen molar-refractivity contribution in [3.8, 4) is 0 Å². The molecule has 1 N–H and O–H groups in total. The molecule has 1 aliphatic heterocycles. The first-order valence-corrected chi connectivity index (χ1v) is 11.6. The lowest BCUT2D eigenvalue weighted by molar-refractivity contribution is -0.127. The van der Waals surface area contributed by atoms with Gasteiger partial charge in [-0.2, -0.15) is 0 Å². The van der Waals surface area contributed by atoms with Crippen LogP contribution in [0.15, 0.2) is 54.7 Å². The van der Waals surface area contributed by atoms with Gasteiger partial charge in [-0.25, -0.2) is 0 Å². The maximum absolute atomic E-state index is 12.8. The van der Waals surface area contributed by atoms with Gasteiger partial charge in [0.25, 0.3) is 5.91 Å². The molecule has 6 heteroatoms. The summed E-state index contributed by atoms with van der Waals surface area (Å²) in [6.07, 6.45) is 7.32. The molecule has 2 aromatic rings. The van der Waals surface area contributed by atoms with Gasteiger partial charge in [-0.15, -0.1) is 0 Å². The second-order valence-electron chi connectivity index (χ2n) is 9.61. The van der Waals surface area contributed by atoms with E-state index in [4.69, 9.17) is 0 Å². The lowest BCUT2D eigenvalue weighted by Gasteiger charge is -2.48. The normalized spacial score (nSPS) is 25.5. The zero-order chi connectivity index (χ0) is 22.6. The zero-order valence-electron chi connectivity index (χ0n) is 19.2. The highest BCUT2D eigenvalue weighted by atomic mass is 16.2. The smallest absolute Gasteiger partial charge is 0.269 e. The molecule has 2 aliphatic rings. The van der Waals surface area contributed by atoms with Gasteiger partial charge in [-0.1, -0.05) is 36.4 Å². The fraction of sp³-hybridized carbons (Fsp3) is 0.500. The van der Waals surface area contributed by atoms with Gasteiger partial charge in [-0.05, 0) is 69.3 Å². The van der Waals surface area contributed by atoms with Crippen molar-refractivity contribution in [2.24, 2.45) is 5.41 Å². The zero-order valence-corrected chi connectivity index (χ0v) is 19.2. The molecule has 32 heavy (non-hydrogen) atoms. The molecule has 4 rings (SSSR count). The number of nitrogens with zero attached hydrogens (tertiary/aromatic N) is 3. The summed E-state index contributed by atoms with van der Waals surface area (Å²) in [5.74, 6) is 0.0983. The first kappa shape index (κ1) is 22.5. The van der Waals surface area contributed by atoms with Crippen molar-refractivity contribution in [2.75, 3.05) is 33.7 Å². The van der Waals surface area contributed by atoms with Gasteiger partial charge in [0, 0.05) is 37.8 Å². The van der Waals surface area contributed by atoms with E-state index < -0.39 is 0 Å². The number of benzene rings is 1. The minimum atomic E-state index is -0.164. The van der Waals surface area contributed by atoms with Gasteiger partial charge in [0.2, 0.25) is 5.91 Å². The Hall–Kier alpha value is -2.73. The van der Waals surface area contributed by atoms with Crippen molar-refractivity contribution in [3.63, 3.8) is 0 Å². The van der Waals surface area contributed by atoms with E-state index in [9.17, 15) is 9.59 Å². The van der Waals surface area contributed by atoms with E-state index in [1.54, 1.807) is 24.4 Å². The van der Waals surface area contributed by atoms with Crippen LogP contribution in [-0.2, 0) is 10.3 Å². The number of rotatable bonds is 7. The molecule has 0 atom stereocenters. The number of nitrogens with one attached hydrogen (secondary N) is 1. The van der Waals surface area contributed by atoms with Crippen LogP contribution in [0.4, 0.5) is 0 Å². The summed E-state index contributed by atoms with van der Waals surface area (Å²) < 4.78 is 0. The molecule has 170 valence electrons. The van der Waals surface area contributed by atoms with E-state index >= 15 is 0 Å². The molecule has 1 aromatic heterocycles. The van der Waals surface area contributed by atoms with Crippen LogP contribution in [-0.4, -0.2) is 60.3 Å². The van der Waals surface area contributed by atoms with E-state index in [0.29, 0.717) is 25.2 Å². The van der Waals surface area contributed by atoms with E-state index in [2.05, 4.69) is 59.6 Å². The van der Waals surface area contributed by atoms with Crippen LogP contribution in [0.5, 0.6) is 0 Å². The summed E-state index contributed by atoms with van der Waals surface area (Å²) in [6, 6.07) is 16.1. The third-order valence-electron chi connectivity index (χ3n) is 7.50. The molecule has 6 nitrogen and oxygen atoms in total. The summed E-state index contributed by atoms with van der Waals surface area (Å²) in [6.45, 7) is 2.09. The van der Waals surface area contributed by atoms with Gasteiger partial charge in [0.15, 0.2) is 0 Å². The number of hydrogen-bond donors (Lipinski definition) is 1. The highest BCUT2D eigenvalue weighted by Gasteiger charge is 2.49. The largest absolute Gasteiger partial charge is 0.351 e. The Balaban J connectivity index is 1.29. The molecule has 1 saturated heterocycles. The quantitative estimate of drug-likeness (QED) is 0.678. The molecule has 2 amide bonds. The molecule has 0 unspecified atom stereocenters. The Kier molecular flexibility index (Phi) is 6.60. The summed E-state index contributed by atoms with van der Waals surface area (Å²) in [5, 5.41) is 2.91. The highest BCUT2D eigenvalue weighted by molar-refractivity contribution is 5.92. The van der Waals surface area contributed by atoms with Crippen molar-refractivity contribution in [1.82, 2.24) is 20.1 Å². The van der Waals surface area contributed by atoms with Crippen LogP contribution in [0.2, 0.25) is 0 Å². The van der Waals surface area contributed by atoms with Crippen molar-refractivity contribution < 1.29 is 9.59 Å². The number of amides is 2. The van der Waals surface area contributed by atoms with Gasteiger partial charge < -0.3 is 10.2 Å². The third kappa shape index (κ3) is 4.56. The minimum Gasteiger partial charge on any atom is -0.351 e. The van der Waals surface area contributed by atoms with Gasteiger partial charge in [0.1, 0.15) is 5.69 Å². The summed E-state index contributed by atoms with van der Waals surface area (Å²) >= 11 is 0. The van der Waals surface area contributed by atoms with Crippen LogP contribution >= 0.6 is 0 Å². The molecule has 0 radical (unpaired) electrons. The minimum absolute atomic E-state index is 0.0543. The number of hydrogen-bond acceptors (Lipinski definition) is 4. The van der Waals surface area contributed by atoms with Crippen LogP contribution in [0, 0.1) is 5.41 Å². The molecule has 2 heterocycles. The predicted octanol–water partition coefficient (Wildman–Crippen LogP) is 3.45. The number of likely N-dealkylation sites (tertiary alicyclic amines) is 1. The van der Waals surface area contributed by atoms with Crippen molar-refractivity contribution >= 4 is 11.8 Å². The Labute approximate surface area is 191 Å². The summed E-state index contributed by atoms with van der Waals surface area (Å²) in [7, 11) is 4.35. The van der Waals surface area contributed by atoms with Crippen LogP contribution in [0.3, 0.4) is 0 Å². The summed E-state index contributed by atoms with van der Waals surface area (Å²) in [4.78, 5) is 33.4. The predicted molar refractivity (Wildman–Crippen MR) is 125 cm³/mol. The molecule has 1 spiro atoms. The van der Waals surface area contributed by atoms with E-state index in [1.807, 2.05) is 4.90 Å². The summed E-state index contributed by atoms with van der Waals surface area (Å²) in [5.41, 5.74) is 1.96. The molecule has 1 aromatic carbocycles. The SMILES string of the molecule is CN(C)C1(c2ccccc2)CCC2(CC1)CC(=O)N(CCCNC(=O)c1ccccn1)C2. The average molecular weight is 435 g/mol. The standard InChI is InChI=1S/C26H34N4O2/c1-29(2)26(21-9-4-3-5-10-21)14-12-25(13-15-26)19-23(31)30(20-25)18-8-17-28-24(32)22-11-6-7-16-27-22/h3-7,9-11,16H,8,12-15,17-20H2,1-2H3,(H,28,32). The topological polar surface area (TPSA) is 65.5 Å². The lowest BCUT2D eigenvalue weighted by Crippen LogP contribution is -2.47. The second kappa shape index (κ2) is 9.41. The van der Waals surface area contributed by atoms with Crippen molar-refractivity contribution in [2.45, 2.75) is 44.1 Å². The Bertz CT molecular complexity index is 921. The fourth-order valence-corrected chi connectivity index (χ4v) is 5.52. The second-order valence-corrected chi connectivity index (χ2v) is 9.61. The molecule has 0 bridgehead atoms. The average Bonchev–Trinajstić information content (AvgIpc) is 3.13. The molecular formula is C26H34N4O2. The Morgan fingerprint density at radius 1 is 1.06 bits per heavy atom. The fourth-order valence-electron chi connectivity index (χ4n) is 5.52. The number of carbonyl (C=O) groups is 2. The Morgan fingerprint density at radius 2 is 1.78 bits per heavy atom. The lowest BCUT2D eigenvalue weighted by atomic mass is 9.64. The maximum atomic E-state index is 12.8. The first-order chi connectivity index (χ1) is 15.4. The third-order valence-corrected chi connectivity index (χ3v) is 7.50. The maximum Gasteiger partial charge on any atom is 0.269 e. The van der Waals surface area contributed by atoms with Gasteiger partial charge in [0.05, 0.1) is 0 Å². The van der Waals surface area contributed by atoms with Crippen LogP contribution < -0.4 is 5.32 Å². The van der Waals surface area contributed by atoms with Crippen LogP contribution in [0.25, 0.3) is 0 Å². The molecule has 1 saturated carbocycles. The Morgan fingerprint density at radius 3 is 2.44 bits per heavy atom. The monoisotopic (exact) mass is 434 g/mol. The molecular weight excluding hydrogens is 400 g/mol. The molecule has 2 fully saturated rings. The first-order valence-electron chi connectivity index (χ1n) is 11.6. The van der Waals surface area contributed by atoms with E-state index in [0.717, 1.165) is 38.6 Å².